The van der Waals surface area contributed by atoms with Crippen LogP contribution in [0.15, 0.2) is 24.3 Å². The lowest BCUT2D eigenvalue weighted by molar-refractivity contribution is -0.138. The van der Waals surface area contributed by atoms with Crippen molar-refractivity contribution in [2.24, 2.45) is 0 Å². The first-order valence-electron chi connectivity index (χ1n) is 14.1. The minimum Gasteiger partial charge on any atom is -0.508 e. The molecule has 0 radical (unpaired) electrons. The molecule has 1 heterocycles. The van der Waals surface area contributed by atoms with Crippen molar-refractivity contribution in [3.8, 4) is 5.75 Å². The number of phenols is 1. The fourth-order valence-electron chi connectivity index (χ4n) is 2.79. The molecule has 2 rings (SSSR count). The van der Waals surface area contributed by atoms with Gasteiger partial charge in [0.2, 0.25) is 20.4 Å². The molecule has 230 valence electrons. The van der Waals surface area contributed by atoms with Crippen LogP contribution in [0.3, 0.4) is 0 Å². The third-order valence-corrected chi connectivity index (χ3v) is 5.45. The summed E-state index contributed by atoms with van der Waals surface area (Å²) in [5.41, 5.74) is 0.971. The Morgan fingerprint density at radius 1 is 0.850 bits per heavy atom. The number of carbonyl (C=O) groups excluding carboxylic acids is 2. The number of rotatable bonds is 12. The highest BCUT2D eigenvalue weighted by molar-refractivity contribution is 14.1. The molecule has 2 amide bonds. The Bertz CT molecular complexity index is 721. The standard InChI is InChI=1S/C11H17NO.C8H13NO2.C4H12BINP.2CH5BIP/c1-2-3-8-12-9-10-6-4-5-7-11(10)13;1-2-3-6-9-7(10)4-5-8(9)11;1-2-3-4-7-5(6)8;2*1-2(3)4/h4-7,12-13H,2-3,8-9H2,1H3;2-6H2,1H3;7H,2-4,8H2,1H3;2*4H2,1H3. The van der Waals surface area contributed by atoms with Gasteiger partial charge in [-0.25, -0.2) is 0 Å². The molecule has 15 heteroatoms. The van der Waals surface area contributed by atoms with Gasteiger partial charge in [-0.3, -0.25) is 14.5 Å². The fraction of sp³-hybridized carbons (Fsp3) is 0.680. The van der Waals surface area contributed by atoms with E-state index in [2.05, 4.69) is 133 Å². The Hall–Kier alpha value is 1.75. The summed E-state index contributed by atoms with van der Waals surface area (Å²) >= 11 is 6.95. The number of unbranched alkanes of at least 4 members (excludes halogenated alkanes) is 3. The molecule has 1 aliphatic heterocycles. The fourth-order valence-corrected chi connectivity index (χ4v) is 3.27. The van der Waals surface area contributed by atoms with E-state index in [1.165, 1.54) is 30.6 Å². The number of likely N-dealkylation sites (tertiary alicyclic amines) is 1. The third-order valence-electron chi connectivity index (χ3n) is 4.77. The molecule has 1 aliphatic rings. The summed E-state index contributed by atoms with van der Waals surface area (Å²) < 4.78 is 1.98. The van der Waals surface area contributed by atoms with Crippen molar-refractivity contribution in [3.05, 3.63) is 29.8 Å². The SMILES string of the molecule is CB(P)I.CB(P)I.CCCCN1C(=O)CCC1=O.CCCCNB(P)I.CCCCNCc1ccccc1O. The number of halogens is 3. The Morgan fingerprint density at radius 2 is 1.30 bits per heavy atom. The molecule has 0 saturated carbocycles. The van der Waals surface area contributed by atoms with E-state index in [-0.39, 0.29) is 11.8 Å². The summed E-state index contributed by atoms with van der Waals surface area (Å²) in [7, 11) is 7.99. The van der Waals surface area contributed by atoms with E-state index in [0.29, 0.717) is 29.6 Å². The number of aromatic hydroxyl groups is 1. The van der Waals surface area contributed by atoms with Gasteiger partial charge in [0.05, 0.1) is 0 Å². The molecule has 6 nitrogen and oxygen atoms in total. The highest BCUT2D eigenvalue weighted by Gasteiger charge is 2.27. The summed E-state index contributed by atoms with van der Waals surface area (Å²) in [4.78, 5) is 23.4. The number of nitrogens with zero attached hydrogens (tertiary/aromatic N) is 1. The van der Waals surface area contributed by atoms with Crippen molar-refractivity contribution < 1.29 is 14.7 Å². The molecule has 0 bridgehead atoms. The van der Waals surface area contributed by atoms with E-state index in [1.54, 1.807) is 6.07 Å². The maximum Gasteiger partial charge on any atom is 0.316 e. The van der Waals surface area contributed by atoms with Gasteiger partial charge in [-0.05, 0) is 38.4 Å². The molecule has 1 aromatic rings. The van der Waals surface area contributed by atoms with Crippen LogP contribution in [0.5, 0.6) is 5.75 Å². The predicted molar refractivity (Wildman–Crippen MR) is 219 cm³/mol. The summed E-state index contributed by atoms with van der Waals surface area (Å²) in [5, 5.41) is 16.0. The number of amides is 2. The van der Waals surface area contributed by atoms with Gasteiger partial charge in [0.1, 0.15) is 5.75 Å². The zero-order chi connectivity index (χ0) is 31.3. The Kier molecular flexibility index (Phi) is 38.8. The van der Waals surface area contributed by atoms with Crippen LogP contribution in [-0.4, -0.2) is 54.5 Å². The van der Waals surface area contributed by atoms with Crippen LogP contribution in [0.25, 0.3) is 0 Å². The van der Waals surface area contributed by atoms with E-state index >= 15 is 0 Å². The van der Waals surface area contributed by atoms with Crippen molar-refractivity contribution in [2.45, 2.75) is 92.3 Å². The van der Waals surface area contributed by atoms with Crippen molar-refractivity contribution in [3.63, 3.8) is 0 Å². The molecule has 0 spiro atoms. The van der Waals surface area contributed by atoms with Gasteiger partial charge in [-0.2, -0.15) is 18.2 Å². The van der Waals surface area contributed by atoms with Gasteiger partial charge >= 0.3 is 4.42 Å². The van der Waals surface area contributed by atoms with Crippen LogP contribution in [0, 0.1) is 0 Å². The quantitative estimate of drug-likeness (QED) is 0.0659. The molecule has 3 atom stereocenters. The van der Waals surface area contributed by atoms with Crippen molar-refractivity contribution >= 4 is 119 Å². The average molecular weight is 949 g/mol. The number of hydrogen-bond acceptors (Lipinski definition) is 5. The van der Waals surface area contributed by atoms with Crippen molar-refractivity contribution in [1.82, 2.24) is 15.4 Å². The molecule has 3 unspecified atom stereocenters. The highest BCUT2D eigenvalue weighted by atomic mass is 127. The number of carbonyl (C=O) groups is 2. The molecular weight excluding hydrogens is 896 g/mol. The van der Waals surface area contributed by atoms with E-state index in [4.69, 9.17) is 0 Å². The van der Waals surface area contributed by atoms with Gasteiger partial charge in [0, 0.05) is 31.5 Å². The molecule has 0 aromatic heterocycles. The maximum atomic E-state index is 11.0. The molecule has 40 heavy (non-hydrogen) atoms. The van der Waals surface area contributed by atoms with Gasteiger partial charge in [-0.15, -0.1) is 76.2 Å². The number of benzene rings is 1. The molecule has 3 N–H and O–H groups in total. The lowest BCUT2D eigenvalue weighted by atomic mass is 10.2. The Morgan fingerprint density at radius 3 is 1.73 bits per heavy atom. The molecule has 1 saturated heterocycles. The van der Waals surface area contributed by atoms with E-state index in [1.807, 2.05) is 25.1 Å². The summed E-state index contributed by atoms with van der Waals surface area (Å²) in [6.07, 6.45) is 7.75. The third kappa shape index (κ3) is 35.9. The second-order valence-corrected chi connectivity index (χ2v) is 21.0. The summed E-state index contributed by atoms with van der Waals surface area (Å²) in [5.74, 6) is 0.387. The number of hydrogen-bond donors (Lipinski definition) is 3. The van der Waals surface area contributed by atoms with Gasteiger partial charge < -0.3 is 15.7 Å². The van der Waals surface area contributed by atoms with Crippen molar-refractivity contribution in [1.29, 1.82) is 0 Å². The molecular formula is C25H52B3I3N3O3P3. The van der Waals surface area contributed by atoms with Crippen LogP contribution in [-0.2, 0) is 16.1 Å². The molecule has 0 aliphatic carbocycles. The monoisotopic (exact) mass is 949 g/mol. The first-order valence-corrected chi connectivity index (χ1v) is 19.8. The van der Waals surface area contributed by atoms with Crippen LogP contribution >= 0.6 is 94.5 Å². The zero-order valence-electron chi connectivity index (χ0n) is 25.1. The van der Waals surface area contributed by atoms with Crippen LogP contribution < -0.4 is 10.5 Å². The van der Waals surface area contributed by atoms with Gasteiger partial charge in [0.25, 0.3) is 0 Å². The summed E-state index contributed by atoms with van der Waals surface area (Å²) in [6.45, 7) is 14.2. The smallest absolute Gasteiger partial charge is 0.316 e. The minimum atomic E-state index is 0.00319. The van der Waals surface area contributed by atoms with Gasteiger partial charge in [-0.1, -0.05) is 71.9 Å². The van der Waals surface area contributed by atoms with Crippen LogP contribution in [0.2, 0.25) is 13.6 Å². The minimum absolute atomic E-state index is 0.00319. The van der Waals surface area contributed by atoms with E-state index in [9.17, 15) is 14.7 Å². The highest BCUT2D eigenvalue weighted by Crippen LogP contribution is 2.14. The topological polar surface area (TPSA) is 81.7 Å². The maximum absolute atomic E-state index is 11.0. The average Bonchev–Trinajstić information content (AvgIpc) is 3.18. The predicted octanol–water partition coefficient (Wildman–Crippen LogP) is 7.72. The molecule has 1 aromatic carbocycles. The first kappa shape index (κ1) is 46.2. The summed E-state index contributed by atoms with van der Waals surface area (Å²) in [6, 6.07) is 7.44. The molecule has 1 fully saturated rings. The van der Waals surface area contributed by atoms with Gasteiger partial charge in [0.15, 0.2) is 0 Å². The number of phenolic OH excluding ortho intramolecular Hbond substituents is 1. The van der Waals surface area contributed by atoms with Crippen molar-refractivity contribution in [2.75, 3.05) is 19.6 Å². The normalized spacial score (nSPS) is 11.5. The van der Waals surface area contributed by atoms with E-state index in [0.717, 1.165) is 46.6 Å². The Balaban J connectivity index is -0.000000461. The number of nitrogens with one attached hydrogen (secondary N) is 2. The Labute approximate surface area is 294 Å². The number of para-hydroxylation sites is 1. The zero-order valence-corrected chi connectivity index (χ0v) is 35.0. The first-order chi connectivity index (χ1) is 18.8. The second kappa shape index (κ2) is 33.6. The number of imide groups is 1. The van der Waals surface area contributed by atoms with E-state index < -0.39 is 0 Å². The van der Waals surface area contributed by atoms with Crippen LogP contribution in [0.1, 0.15) is 77.7 Å². The lowest BCUT2D eigenvalue weighted by Gasteiger charge is -2.11. The largest absolute Gasteiger partial charge is 0.508 e. The van der Waals surface area contributed by atoms with Crippen LogP contribution in [0.4, 0.5) is 0 Å². The second-order valence-electron chi connectivity index (χ2n) is 9.02. The lowest BCUT2D eigenvalue weighted by Crippen LogP contribution is -2.29.